The number of halogens is 2. The van der Waals surface area contributed by atoms with E-state index in [1.807, 2.05) is 5.70 Å². The van der Waals surface area contributed by atoms with Crippen LogP contribution in [0.15, 0.2) is 10.2 Å². The molecule has 0 unspecified atom stereocenters. The van der Waals surface area contributed by atoms with Crippen molar-refractivity contribution >= 4 is 32.7 Å². The average Bonchev–Trinajstić information content (AvgIpc) is 1.35. The van der Waals surface area contributed by atoms with Gasteiger partial charge < -0.3 is 0 Å². The van der Waals surface area contributed by atoms with Gasteiger partial charge in [0.15, 0.2) is 0 Å². The van der Waals surface area contributed by atoms with Crippen LogP contribution in [0, 0.1) is 0 Å². The minimum atomic E-state index is -0.0594. The molecule has 0 aromatic carbocycles. The fraction of sp³-hybridized carbons (Fsp3) is 0.333. The molecule has 36 valence electrons. The fourth-order valence-electron chi connectivity index (χ4n) is 0.154. The van der Waals surface area contributed by atoms with Crippen molar-refractivity contribution in [3.63, 3.8) is 0 Å². The molecule has 0 aromatic rings. The van der Waals surface area contributed by atoms with Gasteiger partial charge in [-0.15, -0.1) is 0 Å². The average molecular weight is 141 g/mol. The molecular formula is C3H6Cl2Si. The van der Waals surface area contributed by atoms with E-state index in [4.69, 9.17) is 23.2 Å². The SMILES string of the molecule is C[SiH2]C=C(Cl)Cl. The summed E-state index contributed by atoms with van der Waals surface area (Å²) in [6.07, 6.45) is 0. The zero-order valence-corrected chi connectivity index (χ0v) is 6.47. The van der Waals surface area contributed by atoms with Gasteiger partial charge in [-0.25, -0.2) is 0 Å². The molecule has 0 rings (SSSR count). The van der Waals surface area contributed by atoms with Crippen molar-refractivity contribution in [3.8, 4) is 0 Å². The van der Waals surface area contributed by atoms with Crippen molar-refractivity contribution in [2.24, 2.45) is 0 Å². The fourth-order valence-corrected chi connectivity index (χ4v) is 1.39. The van der Waals surface area contributed by atoms with Crippen LogP contribution in [-0.4, -0.2) is 9.52 Å². The van der Waals surface area contributed by atoms with Crippen LogP contribution in [0.4, 0.5) is 0 Å². The smallest absolute Gasteiger partial charge is 0.0721 e. The maximum absolute atomic E-state index is 5.24. The van der Waals surface area contributed by atoms with Crippen LogP contribution >= 0.6 is 23.2 Å². The van der Waals surface area contributed by atoms with Crippen molar-refractivity contribution in [2.75, 3.05) is 0 Å². The molecule has 0 saturated heterocycles. The first-order chi connectivity index (χ1) is 2.77. The van der Waals surface area contributed by atoms with Gasteiger partial charge in [-0.3, -0.25) is 0 Å². The Morgan fingerprint density at radius 3 is 2.17 bits per heavy atom. The molecule has 0 spiro atoms. The number of hydrogen-bond donors (Lipinski definition) is 0. The molecule has 0 radical (unpaired) electrons. The minimum Gasteiger partial charge on any atom is -0.0721 e. The molecule has 0 aliphatic carbocycles. The first-order valence-corrected chi connectivity index (χ1v) is 4.77. The summed E-state index contributed by atoms with van der Waals surface area (Å²) in [5, 5.41) is 0. The summed E-state index contributed by atoms with van der Waals surface area (Å²) < 4.78 is 0.421. The summed E-state index contributed by atoms with van der Waals surface area (Å²) in [4.78, 5) is 0. The second-order valence-electron chi connectivity index (χ2n) is 0.902. The van der Waals surface area contributed by atoms with Crippen LogP contribution < -0.4 is 0 Å². The Kier molecular flexibility index (Phi) is 4.05. The predicted octanol–water partition coefficient (Wildman–Crippen LogP) is 1.48. The van der Waals surface area contributed by atoms with Crippen molar-refractivity contribution in [3.05, 3.63) is 10.2 Å². The van der Waals surface area contributed by atoms with E-state index in [0.717, 1.165) is 0 Å². The molecule has 0 aliphatic heterocycles. The molecule has 0 saturated carbocycles. The first-order valence-electron chi connectivity index (χ1n) is 1.78. The molecule has 0 heterocycles. The van der Waals surface area contributed by atoms with Crippen molar-refractivity contribution in [2.45, 2.75) is 6.55 Å². The Balaban J connectivity index is 3.14. The maximum atomic E-state index is 5.24. The Morgan fingerprint density at radius 1 is 1.67 bits per heavy atom. The van der Waals surface area contributed by atoms with Gasteiger partial charge in [-0.2, -0.15) is 0 Å². The van der Waals surface area contributed by atoms with Crippen LogP contribution in [-0.2, 0) is 0 Å². The molecule has 6 heavy (non-hydrogen) atoms. The molecular weight excluding hydrogens is 135 g/mol. The summed E-state index contributed by atoms with van der Waals surface area (Å²) in [5.41, 5.74) is 1.88. The highest BCUT2D eigenvalue weighted by Gasteiger charge is 1.74. The zero-order chi connectivity index (χ0) is 4.99. The van der Waals surface area contributed by atoms with Crippen molar-refractivity contribution in [1.82, 2.24) is 0 Å². The number of hydrogen-bond acceptors (Lipinski definition) is 0. The van der Waals surface area contributed by atoms with E-state index in [1.165, 1.54) is 0 Å². The van der Waals surface area contributed by atoms with E-state index in [1.54, 1.807) is 0 Å². The zero-order valence-electron chi connectivity index (χ0n) is 3.54. The molecule has 0 fully saturated rings. The third-order valence-electron chi connectivity index (χ3n) is 0.358. The summed E-state index contributed by atoms with van der Waals surface area (Å²) in [5.74, 6) is 0. The third-order valence-corrected chi connectivity index (χ3v) is 2.00. The highest BCUT2D eigenvalue weighted by Crippen LogP contribution is 2.03. The first kappa shape index (κ1) is 6.54. The minimum absolute atomic E-state index is 0.0594. The van der Waals surface area contributed by atoms with E-state index < -0.39 is 0 Å². The van der Waals surface area contributed by atoms with Gasteiger partial charge in [0.2, 0.25) is 0 Å². The monoisotopic (exact) mass is 140 g/mol. The van der Waals surface area contributed by atoms with Crippen LogP contribution in [0.2, 0.25) is 6.55 Å². The van der Waals surface area contributed by atoms with Gasteiger partial charge in [0.1, 0.15) is 0 Å². The molecule has 0 aliphatic rings. The van der Waals surface area contributed by atoms with Gasteiger partial charge in [0, 0.05) is 9.52 Å². The topological polar surface area (TPSA) is 0 Å². The lowest BCUT2D eigenvalue weighted by Gasteiger charge is -1.73. The van der Waals surface area contributed by atoms with Crippen molar-refractivity contribution < 1.29 is 0 Å². The molecule has 3 heteroatoms. The van der Waals surface area contributed by atoms with Crippen LogP contribution in [0.3, 0.4) is 0 Å². The quantitative estimate of drug-likeness (QED) is 0.485. The molecule has 0 bridgehead atoms. The normalized spacial score (nSPS) is 9.83. The van der Waals surface area contributed by atoms with Gasteiger partial charge in [0.25, 0.3) is 0 Å². The summed E-state index contributed by atoms with van der Waals surface area (Å²) in [7, 11) is -0.0594. The Labute approximate surface area is 50.0 Å². The second-order valence-corrected chi connectivity index (χ2v) is 3.13. The molecule has 0 aromatic heterocycles. The maximum Gasteiger partial charge on any atom is 0.0980 e. The van der Waals surface area contributed by atoms with E-state index in [-0.39, 0.29) is 9.52 Å². The predicted molar refractivity (Wildman–Crippen MR) is 34.2 cm³/mol. The lowest BCUT2D eigenvalue weighted by molar-refractivity contribution is 2.20. The number of rotatable bonds is 1. The lowest BCUT2D eigenvalue weighted by atomic mass is 11.2. The summed E-state index contributed by atoms with van der Waals surface area (Å²) in [6.45, 7) is 2.12. The summed E-state index contributed by atoms with van der Waals surface area (Å²) in [6, 6.07) is 0. The Hall–Kier alpha value is 0.537. The standard InChI is InChI=1S/C3H6Cl2Si/c1-6-2-3(4)5/h2H,6H2,1H3. The van der Waals surface area contributed by atoms with E-state index >= 15 is 0 Å². The van der Waals surface area contributed by atoms with Gasteiger partial charge >= 0.3 is 0 Å². The molecule has 0 atom stereocenters. The molecule has 0 N–H and O–H groups in total. The summed E-state index contributed by atoms with van der Waals surface area (Å²) >= 11 is 10.5. The van der Waals surface area contributed by atoms with Crippen LogP contribution in [0.1, 0.15) is 0 Å². The largest absolute Gasteiger partial charge is 0.0980 e. The Bertz CT molecular complexity index is 55.8. The second kappa shape index (κ2) is 3.72. The van der Waals surface area contributed by atoms with E-state index in [0.29, 0.717) is 4.49 Å². The lowest BCUT2D eigenvalue weighted by Crippen LogP contribution is -1.67. The van der Waals surface area contributed by atoms with Crippen LogP contribution in [0.5, 0.6) is 0 Å². The van der Waals surface area contributed by atoms with E-state index in [2.05, 4.69) is 6.55 Å². The van der Waals surface area contributed by atoms with Gasteiger partial charge in [-0.1, -0.05) is 35.4 Å². The van der Waals surface area contributed by atoms with Gasteiger partial charge in [0.05, 0.1) is 4.49 Å². The molecule has 0 nitrogen and oxygen atoms in total. The Morgan fingerprint density at radius 2 is 2.17 bits per heavy atom. The highest BCUT2D eigenvalue weighted by atomic mass is 35.5. The van der Waals surface area contributed by atoms with Gasteiger partial charge in [-0.05, 0) is 0 Å². The third kappa shape index (κ3) is 4.54. The van der Waals surface area contributed by atoms with Crippen LogP contribution in [0.25, 0.3) is 0 Å². The highest BCUT2D eigenvalue weighted by molar-refractivity contribution is 6.59. The van der Waals surface area contributed by atoms with Crippen molar-refractivity contribution in [1.29, 1.82) is 0 Å². The van der Waals surface area contributed by atoms with E-state index in [9.17, 15) is 0 Å². The molecule has 0 amide bonds.